The topological polar surface area (TPSA) is 67.6 Å². The molecule has 2 aromatic heterocycles. The molecule has 0 saturated heterocycles. The average molecular weight is 285 g/mol. The summed E-state index contributed by atoms with van der Waals surface area (Å²) in [7, 11) is 0. The van der Waals surface area contributed by atoms with E-state index in [2.05, 4.69) is 36.0 Å². The molecule has 0 radical (unpaired) electrons. The molecule has 98 valence electrons. The fourth-order valence-electron chi connectivity index (χ4n) is 2.45. The molecule has 1 aliphatic rings. The number of nitrogen functional groups attached to an aromatic ring is 1. The monoisotopic (exact) mass is 284 g/mol. The third kappa shape index (κ3) is 1.95. The number of halogens is 1. The number of rotatable bonds is 0. The van der Waals surface area contributed by atoms with Gasteiger partial charge in [0.2, 0.25) is 0 Å². The van der Waals surface area contributed by atoms with Crippen molar-refractivity contribution in [3.05, 3.63) is 16.8 Å². The SMILES string of the molecule is Cc1nc2n[nH]c(N)c2c2c1CSC(C)(C)C2.Cl. The molecule has 0 spiro atoms. The van der Waals surface area contributed by atoms with E-state index in [0.717, 1.165) is 28.9 Å². The van der Waals surface area contributed by atoms with Gasteiger partial charge < -0.3 is 5.73 Å². The number of H-pyrrole nitrogens is 1. The van der Waals surface area contributed by atoms with Crippen molar-refractivity contribution in [3.8, 4) is 0 Å². The second kappa shape index (κ2) is 4.31. The predicted molar refractivity (Wildman–Crippen MR) is 79.4 cm³/mol. The number of aryl methyl sites for hydroxylation is 1. The van der Waals surface area contributed by atoms with Crippen LogP contribution in [0.3, 0.4) is 0 Å². The van der Waals surface area contributed by atoms with Crippen LogP contribution in [0.1, 0.15) is 30.7 Å². The molecule has 1 aliphatic heterocycles. The molecule has 0 saturated carbocycles. The van der Waals surface area contributed by atoms with Crippen LogP contribution in [0, 0.1) is 6.92 Å². The minimum Gasteiger partial charge on any atom is -0.384 e. The van der Waals surface area contributed by atoms with Crippen LogP contribution >= 0.6 is 24.2 Å². The van der Waals surface area contributed by atoms with Gasteiger partial charge in [-0.25, -0.2) is 4.98 Å². The van der Waals surface area contributed by atoms with Gasteiger partial charge in [0.15, 0.2) is 5.65 Å². The van der Waals surface area contributed by atoms with E-state index in [1.807, 2.05) is 11.8 Å². The summed E-state index contributed by atoms with van der Waals surface area (Å²) in [6.45, 7) is 6.61. The van der Waals surface area contributed by atoms with Crippen LogP contribution in [-0.2, 0) is 12.2 Å². The van der Waals surface area contributed by atoms with E-state index in [0.29, 0.717) is 5.82 Å². The second-order valence-corrected chi connectivity index (χ2v) is 6.90. The highest BCUT2D eigenvalue weighted by atomic mass is 35.5. The van der Waals surface area contributed by atoms with Crippen molar-refractivity contribution in [2.24, 2.45) is 0 Å². The molecule has 0 aromatic carbocycles. The van der Waals surface area contributed by atoms with Gasteiger partial charge in [0.1, 0.15) is 5.82 Å². The lowest BCUT2D eigenvalue weighted by Crippen LogP contribution is -2.24. The predicted octanol–water partition coefficient (Wildman–Crippen LogP) is 2.84. The van der Waals surface area contributed by atoms with Crippen LogP contribution < -0.4 is 5.73 Å². The number of anilines is 1. The Balaban J connectivity index is 0.00000120. The van der Waals surface area contributed by atoms with Gasteiger partial charge in [0, 0.05) is 16.2 Å². The van der Waals surface area contributed by atoms with E-state index in [1.165, 1.54) is 11.1 Å². The molecule has 3 heterocycles. The number of nitrogens with zero attached hydrogens (tertiary/aromatic N) is 2. The molecule has 0 fully saturated rings. The Morgan fingerprint density at radius 3 is 2.78 bits per heavy atom. The summed E-state index contributed by atoms with van der Waals surface area (Å²) in [4.78, 5) is 4.52. The minimum atomic E-state index is 0. The van der Waals surface area contributed by atoms with E-state index < -0.39 is 0 Å². The number of thioether (sulfide) groups is 1. The van der Waals surface area contributed by atoms with Crippen molar-refractivity contribution in [3.63, 3.8) is 0 Å². The van der Waals surface area contributed by atoms with E-state index in [1.54, 1.807) is 0 Å². The molecule has 0 aliphatic carbocycles. The maximum absolute atomic E-state index is 5.97. The maximum atomic E-state index is 5.97. The molecule has 4 nitrogen and oxygen atoms in total. The number of nitrogens with one attached hydrogen (secondary N) is 1. The fraction of sp³-hybridized carbons (Fsp3) is 0.500. The van der Waals surface area contributed by atoms with Gasteiger partial charge in [-0.15, -0.1) is 12.4 Å². The Bertz CT molecular complexity index is 606. The van der Waals surface area contributed by atoms with Crippen LogP contribution in [0.5, 0.6) is 0 Å². The van der Waals surface area contributed by atoms with Crippen LogP contribution in [-0.4, -0.2) is 19.9 Å². The third-order valence-corrected chi connectivity index (χ3v) is 4.72. The highest BCUT2D eigenvalue weighted by Crippen LogP contribution is 2.42. The lowest BCUT2D eigenvalue weighted by atomic mass is 9.94. The zero-order chi connectivity index (χ0) is 12.2. The normalized spacial score (nSPS) is 17.3. The van der Waals surface area contributed by atoms with Gasteiger partial charge in [0.25, 0.3) is 0 Å². The van der Waals surface area contributed by atoms with Gasteiger partial charge in [-0.2, -0.15) is 16.9 Å². The maximum Gasteiger partial charge on any atom is 0.183 e. The van der Waals surface area contributed by atoms with Crippen LogP contribution in [0.2, 0.25) is 0 Å². The summed E-state index contributed by atoms with van der Waals surface area (Å²) in [6.07, 6.45) is 1.02. The Morgan fingerprint density at radius 2 is 2.06 bits per heavy atom. The van der Waals surface area contributed by atoms with Gasteiger partial charge in [-0.1, -0.05) is 13.8 Å². The van der Waals surface area contributed by atoms with Crippen molar-refractivity contribution in [2.45, 2.75) is 37.7 Å². The van der Waals surface area contributed by atoms with Gasteiger partial charge in [-0.3, -0.25) is 5.10 Å². The van der Waals surface area contributed by atoms with Crippen LogP contribution in [0.25, 0.3) is 11.0 Å². The van der Waals surface area contributed by atoms with E-state index in [4.69, 9.17) is 5.73 Å². The molecule has 3 rings (SSSR count). The molecule has 0 bridgehead atoms. The highest BCUT2D eigenvalue weighted by molar-refractivity contribution is 7.99. The summed E-state index contributed by atoms with van der Waals surface area (Å²) in [5, 5.41) is 8.03. The Hall–Kier alpha value is -0.940. The zero-order valence-electron chi connectivity index (χ0n) is 10.7. The fourth-order valence-corrected chi connectivity index (χ4v) is 3.61. The van der Waals surface area contributed by atoms with E-state index in [9.17, 15) is 0 Å². The first-order valence-corrected chi connectivity index (χ1v) is 6.72. The first kappa shape index (κ1) is 13.5. The molecule has 0 amide bonds. The summed E-state index contributed by atoms with van der Waals surface area (Å²) in [6, 6.07) is 0. The Morgan fingerprint density at radius 1 is 1.33 bits per heavy atom. The number of nitrogens with two attached hydrogens (primary N) is 1. The Kier molecular flexibility index (Phi) is 3.23. The molecule has 0 atom stereocenters. The summed E-state index contributed by atoms with van der Waals surface area (Å²) < 4.78 is 0.261. The molecular weight excluding hydrogens is 268 g/mol. The van der Waals surface area contributed by atoms with Gasteiger partial charge in [0.05, 0.1) is 5.39 Å². The van der Waals surface area contributed by atoms with Crippen molar-refractivity contribution in [2.75, 3.05) is 5.73 Å². The molecule has 0 unspecified atom stereocenters. The van der Waals surface area contributed by atoms with Gasteiger partial charge in [-0.05, 0) is 24.5 Å². The number of aromatic amines is 1. The number of hydrogen-bond donors (Lipinski definition) is 2. The quantitative estimate of drug-likeness (QED) is 0.781. The third-order valence-electron chi connectivity index (χ3n) is 3.36. The first-order valence-electron chi connectivity index (χ1n) is 5.74. The van der Waals surface area contributed by atoms with Crippen LogP contribution in [0.15, 0.2) is 0 Å². The number of pyridine rings is 1. The standard InChI is InChI=1S/C12H16N4S.ClH/c1-6-8-5-17-12(2,3)4-7(8)9-10(13)15-16-11(9)14-6;/h4-5H2,1-3H3,(H3,13,14,15,16);1H. The molecule has 18 heavy (non-hydrogen) atoms. The molecule has 6 heteroatoms. The number of fused-ring (bicyclic) bond motifs is 3. The van der Waals surface area contributed by atoms with Crippen LogP contribution in [0.4, 0.5) is 5.82 Å². The molecule has 3 N–H and O–H groups in total. The second-order valence-electron chi connectivity index (χ2n) is 5.22. The smallest absolute Gasteiger partial charge is 0.183 e. The lowest BCUT2D eigenvalue weighted by molar-refractivity contribution is 0.694. The van der Waals surface area contributed by atoms with Crippen molar-refractivity contribution >= 4 is 41.0 Å². The van der Waals surface area contributed by atoms with Crippen molar-refractivity contribution < 1.29 is 0 Å². The van der Waals surface area contributed by atoms with Crippen molar-refractivity contribution in [1.29, 1.82) is 0 Å². The number of hydrogen-bond acceptors (Lipinski definition) is 4. The highest BCUT2D eigenvalue weighted by Gasteiger charge is 2.30. The first-order chi connectivity index (χ1) is 7.98. The summed E-state index contributed by atoms with van der Waals surface area (Å²) >= 11 is 1.98. The Labute approximate surface area is 117 Å². The molecular formula is C12H17ClN4S. The van der Waals surface area contributed by atoms with Gasteiger partial charge >= 0.3 is 0 Å². The molecule has 2 aromatic rings. The number of aromatic nitrogens is 3. The average Bonchev–Trinajstić information content (AvgIpc) is 2.58. The minimum absolute atomic E-state index is 0. The van der Waals surface area contributed by atoms with E-state index in [-0.39, 0.29) is 17.2 Å². The summed E-state index contributed by atoms with van der Waals surface area (Å²) in [5.74, 6) is 1.66. The zero-order valence-corrected chi connectivity index (χ0v) is 12.3. The van der Waals surface area contributed by atoms with Crippen molar-refractivity contribution in [1.82, 2.24) is 15.2 Å². The largest absolute Gasteiger partial charge is 0.384 e. The van der Waals surface area contributed by atoms with E-state index >= 15 is 0 Å². The summed E-state index contributed by atoms with van der Waals surface area (Å²) in [5.41, 5.74) is 10.5. The lowest BCUT2D eigenvalue weighted by Gasteiger charge is -2.31.